The maximum Gasteiger partial charge on any atom is 0.265 e. The summed E-state index contributed by atoms with van der Waals surface area (Å²) in [5.41, 5.74) is 1.55. The summed E-state index contributed by atoms with van der Waals surface area (Å²) in [4.78, 5) is 25.3. The highest BCUT2D eigenvalue weighted by Crippen LogP contribution is 2.20. The Morgan fingerprint density at radius 3 is 2.48 bits per heavy atom. The van der Waals surface area contributed by atoms with Crippen LogP contribution in [0, 0.1) is 12.7 Å². The second-order valence-corrected chi connectivity index (χ2v) is 6.34. The number of rotatable bonds is 4. The monoisotopic (exact) mass is 354 g/mol. The Balaban J connectivity index is 1.81. The lowest BCUT2D eigenvalue weighted by Crippen LogP contribution is -2.17. The third-order valence-electron chi connectivity index (χ3n) is 3.59. The van der Waals surface area contributed by atoms with E-state index in [0.717, 1.165) is 0 Å². The third-order valence-corrected chi connectivity index (χ3v) is 4.46. The molecule has 0 atom stereocenters. The SMILES string of the molecule is Cc1ccc(NC(=O)c2ccccc2NC(=O)c2cccs2)cc1F. The second kappa shape index (κ2) is 7.27. The van der Waals surface area contributed by atoms with Crippen molar-refractivity contribution in [3.63, 3.8) is 0 Å². The van der Waals surface area contributed by atoms with Crippen LogP contribution < -0.4 is 10.6 Å². The summed E-state index contributed by atoms with van der Waals surface area (Å²) in [6, 6.07) is 14.7. The molecule has 3 aromatic rings. The average molecular weight is 354 g/mol. The quantitative estimate of drug-likeness (QED) is 0.713. The van der Waals surface area contributed by atoms with E-state index in [4.69, 9.17) is 0 Å². The van der Waals surface area contributed by atoms with Crippen LogP contribution in [0.15, 0.2) is 60.0 Å². The number of benzene rings is 2. The molecule has 3 rings (SSSR count). The first kappa shape index (κ1) is 16.9. The van der Waals surface area contributed by atoms with Crippen molar-refractivity contribution in [2.24, 2.45) is 0 Å². The van der Waals surface area contributed by atoms with Crippen LogP contribution in [0.4, 0.5) is 15.8 Å². The van der Waals surface area contributed by atoms with Gasteiger partial charge >= 0.3 is 0 Å². The maximum atomic E-state index is 13.6. The van der Waals surface area contributed by atoms with E-state index in [-0.39, 0.29) is 5.91 Å². The summed E-state index contributed by atoms with van der Waals surface area (Å²) in [5.74, 6) is -1.10. The van der Waals surface area contributed by atoms with Crippen molar-refractivity contribution in [2.75, 3.05) is 10.6 Å². The van der Waals surface area contributed by atoms with Gasteiger partial charge in [-0.25, -0.2) is 4.39 Å². The number of carbonyl (C=O) groups excluding carboxylic acids is 2. The van der Waals surface area contributed by atoms with Crippen molar-refractivity contribution in [1.82, 2.24) is 0 Å². The van der Waals surface area contributed by atoms with Gasteiger partial charge in [-0.3, -0.25) is 9.59 Å². The second-order valence-electron chi connectivity index (χ2n) is 5.40. The smallest absolute Gasteiger partial charge is 0.265 e. The van der Waals surface area contributed by atoms with Crippen molar-refractivity contribution < 1.29 is 14.0 Å². The molecule has 126 valence electrons. The van der Waals surface area contributed by atoms with E-state index in [1.807, 2.05) is 0 Å². The Morgan fingerprint density at radius 2 is 1.76 bits per heavy atom. The summed E-state index contributed by atoms with van der Waals surface area (Å²) in [6.07, 6.45) is 0. The fourth-order valence-electron chi connectivity index (χ4n) is 2.25. The van der Waals surface area contributed by atoms with E-state index >= 15 is 0 Å². The molecule has 6 heteroatoms. The number of hydrogen-bond acceptors (Lipinski definition) is 3. The van der Waals surface area contributed by atoms with Crippen LogP contribution in [-0.2, 0) is 0 Å². The zero-order valence-electron chi connectivity index (χ0n) is 13.4. The molecule has 0 aliphatic carbocycles. The molecule has 0 saturated carbocycles. The zero-order valence-corrected chi connectivity index (χ0v) is 14.2. The molecule has 4 nitrogen and oxygen atoms in total. The number of hydrogen-bond donors (Lipinski definition) is 2. The van der Waals surface area contributed by atoms with Crippen LogP contribution >= 0.6 is 11.3 Å². The van der Waals surface area contributed by atoms with Crippen LogP contribution in [0.5, 0.6) is 0 Å². The van der Waals surface area contributed by atoms with Crippen LogP contribution in [0.1, 0.15) is 25.6 Å². The third kappa shape index (κ3) is 3.92. The van der Waals surface area contributed by atoms with E-state index in [1.165, 1.54) is 17.4 Å². The largest absolute Gasteiger partial charge is 0.322 e. The van der Waals surface area contributed by atoms with Crippen molar-refractivity contribution in [3.05, 3.63) is 81.8 Å². The van der Waals surface area contributed by atoms with E-state index in [2.05, 4.69) is 10.6 Å². The molecule has 0 spiro atoms. The molecule has 2 N–H and O–H groups in total. The maximum absolute atomic E-state index is 13.6. The fourth-order valence-corrected chi connectivity index (χ4v) is 2.87. The van der Waals surface area contributed by atoms with Crippen LogP contribution in [-0.4, -0.2) is 11.8 Å². The van der Waals surface area contributed by atoms with Gasteiger partial charge in [0, 0.05) is 5.69 Å². The highest BCUT2D eigenvalue weighted by Gasteiger charge is 2.15. The Bertz CT molecular complexity index is 923. The van der Waals surface area contributed by atoms with Gasteiger partial charge in [-0.2, -0.15) is 0 Å². The lowest BCUT2D eigenvalue weighted by Gasteiger charge is -2.11. The topological polar surface area (TPSA) is 58.2 Å². The number of nitrogens with one attached hydrogen (secondary N) is 2. The van der Waals surface area contributed by atoms with Gasteiger partial charge in [-0.05, 0) is 48.2 Å². The van der Waals surface area contributed by atoms with Gasteiger partial charge in [0.15, 0.2) is 0 Å². The lowest BCUT2D eigenvalue weighted by atomic mass is 10.1. The molecular formula is C19H15FN2O2S. The molecule has 1 aromatic heterocycles. The highest BCUT2D eigenvalue weighted by molar-refractivity contribution is 7.12. The number of para-hydroxylation sites is 1. The molecule has 0 aliphatic rings. The van der Waals surface area contributed by atoms with Gasteiger partial charge in [0.1, 0.15) is 5.82 Å². The van der Waals surface area contributed by atoms with Crippen LogP contribution in [0.3, 0.4) is 0 Å². The molecule has 2 amide bonds. The molecule has 0 radical (unpaired) electrons. The summed E-state index contributed by atoms with van der Waals surface area (Å²) < 4.78 is 13.6. The number of halogens is 1. The van der Waals surface area contributed by atoms with Gasteiger partial charge in [-0.1, -0.05) is 24.3 Å². The molecule has 1 heterocycles. The Kier molecular flexibility index (Phi) is 4.90. The predicted molar refractivity (Wildman–Crippen MR) is 97.8 cm³/mol. The lowest BCUT2D eigenvalue weighted by molar-refractivity contribution is 0.102. The highest BCUT2D eigenvalue weighted by atomic mass is 32.1. The summed E-state index contributed by atoms with van der Waals surface area (Å²) in [6.45, 7) is 1.65. The van der Waals surface area contributed by atoms with Crippen molar-refractivity contribution in [1.29, 1.82) is 0 Å². The predicted octanol–water partition coefficient (Wildman–Crippen LogP) is 4.70. The molecule has 2 aromatic carbocycles. The van der Waals surface area contributed by atoms with Gasteiger partial charge in [-0.15, -0.1) is 11.3 Å². The first-order chi connectivity index (χ1) is 12.0. The Labute approximate surface area is 148 Å². The number of aryl methyl sites for hydroxylation is 1. The van der Waals surface area contributed by atoms with Crippen LogP contribution in [0.25, 0.3) is 0 Å². The molecule has 0 aliphatic heterocycles. The fraction of sp³-hybridized carbons (Fsp3) is 0.0526. The summed E-state index contributed by atoms with van der Waals surface area (Å²) in [5, 5.41) is 7.19. The molecule has 0 bridgehead atoms. The van der Waals surface area contributed by atoms with E-state index < -0.39 is 11.7 Å². The molecule has 0 fully saturated rings. The van der Waals surface area contributed by atoms with Crippen molar-refractivity contribution in [3.8, 4) is 0 Å². The van der Waals surface area contributed by atoms with Gasteiger partial charge in [0.05, 0.1) is 16.1 Å². The van der Waals surface area contributed by atoms with Crippen molar-refractivity contribution >= 4 is 34.5 Å². The Morgan fingerprint density at radius 1 is 0.960 bits per heavy atom. The minimum absolute atomic E-state index is 0.281. The van der Waals surface area contributed by atoms with Gasteiger partial charge < -0.3 is 10.6 Å². The normalized spacial score (nSPS) is 10.3. The van der Waals surface area contributed by atoms with Crippen LogP contribution in [0.2, 0.25) is 0 Å². The van der Waals surface area contributed by atoms with E-state index in [0.29, 0.717) is 27.4 Å². The number of thiophene rings is 1. The molecule has 25 heavy (non-hydrogen) atoms. The Hall–Kier alpha value is -2.99. The average Bonchev–Trinajstić information content (AvgIpc) is 3.13. The van der Waals surface area contributed by atoms with E-state index in [9.17, 15) is 14.0 Å². The first-order valence-electron chi connectivity index (χ1n) is 7.56. The van der Waals surface area contributed by atoms with Gasteiger partial charge in [0.2, 0.25) is 0 Å². The van der Waals surface area contributed by atoms with E-state index in [1.54, 1.807) is 60.8 Å². The summed E-state index contributed by atoms with van der Waals surface area (Å²) in [7, 11) is 0. The number of carbonyl (C=O) groups is 2. The molecule has 0 saturated heterocycles. The molecular weight excluding hydrogens is 339 g/mol. The minimum atomic E-state index is -0.426. The minimum Gasteiger partial charge on any atom is -0.322 e. The summed E-state index contributed by atoms with van der Waals surface area (Å²) >= 11 is 1.32. The number of anilines is 2. The van der Waals surface area contributed by atoms with Crippen molar-refractivity contribution in [2.45, 2.75) is 6.92 Å². The van der Waals surface area contributed by atoms with Gasteiger partial charge in [0.25, 0.3) is 11.8 Å². The first-order valence-corrected chi connectivity index (χ1v) is 8.44. The zero-order chi connectivity index (χ0) is 17.8. The standard InChI is InChI=1S/C19H15FN2O2S/c1-12-8-9-13(11-15(12)20)21-18(23)14-5-2-3-6-16(14)22-19(24)17-7-4-10-25-17/h2-11H,1H3,(H,21,23)(H,22,24). The number of amides is 2. The molecule has 0 unspecified atom stereocenters.